The van der Waals surface area contributed by atoms with Gasteiger partial charge in [-0.2, -0.15) is 36.5 Å². The Morgan fingerprint density at radius 1 is 1.07 bits per heavy atom. The van der Waals surface area contributed by atoms with E-state index in [1.54, 1.807) is 6.07 Å². The van der Waals surface area contributed by atoms with E-state index in [9.17, 15) is 40.0 Å². The van der Waals surface area contributed by atoms with E-state index >= 15 is 8.78 Å². The summed E-state index contributed by atoms with van der Waals surface area (Å²) in [4.78, 5) is 30.7. The minimum absolute atomic E-state index is 0.00162. The van der Waals surface area contributed by atoms with Crippen molar-refractivity contribution in [1.29, 1.82) is 0 Å². The number of hydrogen-bond donors (Lipinski definition) is 2. The monoisotopic (exact) mass is 788 g/mol. The number of amides is 2. The number of nitrogens with two attached hydrogens (primary N) is 1. The molecular weight excluding hydrogens is 761 g/mol. The number of pyridine rings is 1. The molecule has 0 saturated heterocycles. The minimum Gasteiger partial charge on any atom is -0.397 e. The largest absolute Gasteiger partial charge is 0.435 e. The van der Waals surface area contributed by atoms with Gasteiger partial charge < -0.3 is 11.1 Å². The molecule has 7 rings (SSSR count). The number of nitrogens with one attached hydrogen (secondary N) is 1. The molecule has 0 saturated carbocycles. The van der Waals surface area contributed by atoms with Crippen LogP contribution in [0.25, 0.3) is 22.0 Å². The second kappa shape index (κ2) is 12.8. The third kappa shape index (κ3) is 6.41. The van der Waals surface area contributed by atoms with Gasteiger partial charge in [0.25, 0.3) is 0 Å². The second-order valence-corrected chi connectivity index (χ2v) is 15.0. The number of rotatable bonds is 9. The number of fused-ring (bicyclic) bond motifs is 4. The van der Waals surface area contributed by atoms with E-state index < -0.39 is 86.9 Å². The Morgan fingerprint density at radius 2 is 1.76 bits per heavy atom. The highest BCUT2D eigenvalue weighted by molar-refractivity contribution is 7.92. The number of carbonyl (C=O) groups is 2. The minimum atomic E-state index is -5.14. The molecule has 2 aromatic carbocycles. The number of nitrogen functional groups attached to an aromatic ring is 1. The molecule has 0 unspecified atom stereocenters. The van der Waals surface area contributed by atoms with Gasteiger partial charge in [0, 0.05) is 42.1 Å². The summed E-state index contributed by atoms with van der Waals surface area (Å²) < 4.78 is 129. The van der Waals surface area contributed by atoms with Crippen LogP contribution in [-0.2, 0) is 51.7 Å². The summed E-state index contributed by atoms with van der Waals surface area (Å²) in [5.74, 6) is -6.61. The van der Waals surface area contributed by atoms with Gasteiger partial charge in [0.1, 0.15) is 29.8 Å². The van der Waals surface area contributed by atoms with Gasteiger partial charge >= 0.3 is 12.1 Å². The van der Waals surface area contributed by atoms with Gasteiger partial charge in [0.05, 0.1) is 41.3 Å². The first-order chi connectivity index (χ1) is 25.7. The van der Waals surface area contributed by atoms with Crippen LogP contribution in [0.15, 0.2) is 48.7 Å². The quantitative estimate of drug-likeness (QED) is 0.157. The van der Waals surface area contributed by atoms with Crippen molar-refractivity contribution in [2.75, 3.05) is 16.3 Å². The smallest absolute Gasteiger partial charge is 0.397 e. The maximum atomic E-state index is 15.4. The van der Waals surface area contributed by atoms with E-state index in [2.05, 4.69) is 32.3 Å². The van der Waals surface area contributed by atoms with E-state index in [1.807, 2.05) is 0 Å². The van der Waals surface area contributed by atoms with Crippen LogP contribution in [0.3, 0.4) is 0 Å². The van der Waals surface area contributed by atoms with Gasteiger partial charge in [-0.1, -0.05) is 24.0 Å². The molecule has 286 valence electrons. The third-order valence-corrected chi connectivity index (χ3v) is 10.3. The standard InChI is InChI=1S/C35H27F7N8O4S/c1-16(51)50(55(3,53)54)33-23-6-4-5-21(30(23)48(2)47-33)24-13-20(43)14-44-29(24)26(11-17-9-18(36)12-19(37)10-17)45-27(52)15-49-32-28(31(46-49)35(40,41)42)22-7-8-25(22)34(32,38)39/h4-6,9-10,12-14,22,25-26H,11,15,43H2,1-3H3,(H,45,52)/t22-,25+,26-/m0/s1. The molecule has 0 aliphatic heterocycles. The average Bonchev–Trinajstić information content (AvgIpc) is 3.61. The van der Waals surface area contributed by atoms with Crippen molar-refractivity contribution in [2.24, 2.45) is 13.0 Å². The molecule has 55 heavy (non-hydrogen) atoms. The molecule has 3 atom stereocenters. The first kappa shape index (κ1) is 37.3. The van der Waals surface area contributed by atoms with Gasteiger partial charge in [-0.3, -0.25) is 23.9 Å². The molecule has 2 aliphatic rings. The Balaban J connectivity index is 1.34. The number of sulfonamides is 1. The molecule has 0 radical (unpaired) electrons. The molecule has 0 spiro atoms. The number of benzene rings is 2. The van der Waals surface area contributed by atoms with Crippen LogP contribution < -0.4 is 15.4 Å². The van der Waals surface area contributed by atoms with Crippen molar-refractivity contribution in [2.45, 2.75) is 43.9 Å². The van der Waals surface area contributed by atoms with Crippen molar-refractivity contribution in [3.63, 3.8) is 0 Å². The summed E-state index contributed by atoms with van der Waals surface area (Å²) in [7, 11) is -2.69. The van der Waals surface area contributed by atoms with Gasteiger partial charge in [-0.25, -0.2) is 17.2 Å². The number of hydrogen-bond acceptors (Lipinski definition) is 8. The summed E-state index contributed by atoms with van der Waals surface area (Å²) in [6.45, 7) is -0.0900. The zero-order valence-electron chi connectivity index (χ0n) is 28.7. The number of halogens is 7. The van der Waals surface area contributed by atoms with E-state index in [1.165, 1.54) is 36.1 Å². The molecule has 12 nitrogen and oxygen atoms in total. The summed E-state index contributed by atoms with van der Waals surface area (Å²) >= 11 is 0. The van der Waals surface area contributed by atoms with Crippen molar-refractivity contribution in [3.05, 3.63) is 88.5 Å². The van der Waals surface area contributed by atoms with E-state index in [-0.39, 0.29) is 55.9 Å². The van der Waals surface area contributed by atoms with E-state index in [0.717, 1.165) is 25.3 Å². The fourth-order valence-electron chi connectivity index (χ4n) is 7.15. The lowest BCUT2D eigenvalue weighted by Crippen LogP contribution is -2.36. The summed E-state index contributed by atoms with van der Waals surface area (Å²) in [5.41, 5.74) is 3.45. The predicted molar refractivity (Wildman–Crippen MR) is 182 cm³/mol. The molecule has 2 aliphatic carbocycles. The first-order valence-electron chi connectivity index (χ1n) is 16.2. The maximum Gasteiger partial charge on any atom is 0.435 e. The molecule has 0 bridgehead atoms. The maximum absolute atomic E-state index is 15.4. The van der Waals surface area contributed by atoms with Crippen LogP contribution in [0.4, 0.5) is 42.2 Å². The van der Waals surface area contributed by atoms with Gasteiger partial charge in [0.15, 0.2) is 11.5 Å². The number of anilines is 2. The van der Waals surface area contributed by atoms with Crippen molar-refractivity contribution in [1.82, 2.24) is 29.9 Å². The summed E-state index contributed by atoms with van der Waals surface area (Å²) in [6, 6.07) is 7.21. The van der Waals surface area contributed by atoms with E-state index in [0.29, 0.717) is 10.4 Å². The molecule has 3 heterocycles. The summed E-state index contributed by atoms with van der Waals surface area (Å²) in [6.07, 6.45) is -3.51. The lowest BCUT2D eigenvalue weighted by atomic mass is 9.84. The van der Waals surface area contributed by atoms with Crippen LogP contribution >= 0.6 is 0 Å². The first-order valence-corrected chi connectivity index (χ1v) is 18.1. The zero-order valence-corrected chi connectivity index (χ0v) is 29.5. The number of aryl methyl sites for hydroxylation is 1. The van der Waals surface area contributed by atoms with Crippen molar-refractivity contribution >= 4 is 44.2 Å². The molecule has 3 aromatic heterocycles. The lowest BCUT2D eigenvalue weighted by molar-refractivity contribution is -0.142. The topological polar surface area (TPSA) is 158 Å². The van der Waals surface area contributed by atoms with Gasteiger partial charge in [-0.15, -0.1) is 0 Å². The van der Waals surface area contributed by atoms with Gasteiger partial charge in [0.2, 0.25) is 21.8 Å². The number of para-hydroxylation sites is 1. The van der Waals surface area contributed by atoms with Gasteiger partial charge in [-0.05, 0) is 36.2 Å². The number of aromatic nitrogens is 5. The molecule has 2 amide bonds. The van der Waals surface area contributed by atoms with E-state index in [4.69, 9.17) is 5.73 Å². The molecule has 20 heteroatoms. The van der Waals surface area contributed by atoms with Crippen LogP contribution in [0.2, 0.25) is 0 Å². The highest BCUT2D eigenvalue weighted by atomic mass is 32.2. The highest BCUT2D eigenvalue weighted by Gasteiger charge is 2.62. The fourth-order valence-corrected chi connectivity index (χ4v) is 8.07. The number of alkyl halides is 5. The number of nitrogens with zero attached hydrogens (tertiary/aromatic N) is 6. The van der Waals surface area contributed by atoms with Crippen LogP contribution in [-0.4, -0.2) is 51.0 Å². The zero-order chi connectivity index (χ0) is 39.9. The fraction of sp³-hybridized carbons (Fsp3) is 0.286. The van der Waals surface area contributed by atoms with Crippen LogP contribution in [0, 0.1) is 29.4 Å². The second-order valence-electron chi connectivity index (χ2n) is 13.1. The highest BCUT2D eigenvalue weighted by Crippen LogP contribution is 2.58. The van der Waals surface area contributed by atoms with Crippen LogP contribution in [0.1, 0.15) is 47.1 Å². The number of carbonyl (C=O) groups excluding carboxylic acids is 2. The Kier molecular flexibility index (Phi) is 8.71. The summed E-state index contributed by atoms with van der Waals surface area (Å²) in [5, 5.41) is 10.4. The SMILES string of the molecule is CC(=O)N(c1nn(C)c2c(-c3cc(N)cnc3[C@H](Cc3cc(F)cc(F)c3)NC(=O)Cn3nc(C(F)(F)F)c4c3C(F)(F)[C@@H]3C#C[C@H]43)cccc12)S(C)(=O)=O. The normalized spacial score (nSPS) is 17.5. The predicted octanol–water partition coefficient (Wildman–Crippen LogP) is 4.95. The Labute approximate surface area is 307 Å². The lowest BCUT2D eigenvalue weighted by Gasteiger charge is -2.24. The average molecular weight is 789 g/mol. The molecule has 0 fully saturated rings. The van der Waals surface area contributed by atoms with Crippen molar-refractivity contribution in [3.8, 4) is 23.0 Å². The van der Waals surface area contributed by atoms with Crippen LogP contribution in [0.5, 0.6) is 0 Å². The third-order valence-electron chi connectivity index (χ3n) is 9.21. The molecule has 3 N–H and O–H groups in total. The Morgan fingerprint density at radius 3 is 2.36 bits per heavy atom. The Hall–Kier alpha value is -5.97. The Bertz CT molecular complexity index is 2610. The van der Waals surface area contributed by atoms with Crippen molar-refractivity contribution < 1.29 is 48.7 Å². The molecular formula is C35H27F7N8O4S. The molecule has 5 aromatic rings.